The molecular formula is C14H27N3O6S2. The van der Waals surface area contributed by atoms with Crippen molar-refractivity contribution in [2.75, 3.05) is 67.1 Å². The average Bonchev–Trinajstić information content (AvgIpc) is 2.59. The molecule has 0 bridgehead atoms. The molecule has 0 unspecified atom stereocenters. The van der Waals surface area contributed by atoms with Crippen LogP contribution in [0.4, 0.5) is 9.59 Å². The molecule has 0 aliphatic rings. The Balaban J connectivity index is 3.83. The third-order valence-electron chi connectivity index (χ3n) is 2.58. The SMILES string of the molecule is COCCOCCOCCOC(=O)N(C)SN(C)C(=O)N=C(C)SC. The van der Waals surface area contributed by atoms with Crippen LogP contribution in [0.2, 0.25) is 0 Å². The second kappa shape index (κ2) is 15.3. The van der Waals surface area contributed by atoms with E-state index >= 15 is 0 Å². The number of aliphatic imine (C=N–C) groups is 1. The highest BCUT2D eigenvalue weighted by Crippen LogP contribution is 2.15. The lowest BCUT2D eigenvalue weighted by Gasteiger charge is -2.20. The molecule has 0 aromatic heterocycles. The van der Waals surface area contributed by atoms with Gasteiger partial charge in [-0.15, -0.1) is 11.8 Å². The summed E-state index contributed by atoms with van der Waals surface area (Å²) in [5.74, 6) is 0. The van der Waals surface area contributed by atoms with Crippen LogP contribution in [0.3, 0.4) is 0 Å². The van der Waals surface area contributed by atoms with Gasteiger partial charge in [0.1, 0.15) is 6.61 Å². The highest BCUT2D eigenvalue weighted by Gasteiger charge is 2.17. The van der Waals surface area contributed by atoms with E-state index in [0.717, 1.165) is 12.1 Å². The standard InChI is InChI=1S/C14H27N3O6S2/c1-12(24-5)15-13(18)16(2)25-17(3)14(19)23-11-10-22-9-8-21-7-6-20-4/h6-11H2,1-5H3. The summed E-state index contributed by atoms with van der Waals surface area (Å²) in [5, 5.41) is 0.644. The molecule has 11 heteroatoms. The first kappa shape index (κ1) is 24.0. The number of thioether (sulfide) groups is 1. The lowest BCUT2D eigenvalue weighted by Crippen LogP contribution is -2.29. The zero-order chi connectivity index (χ0) is 19.1. The lowest BCUT2D eigenvalue weighted by atomic mass is 10.7. The summed E-state index contributed by atoms with van der Waals surface area (Å²) < 4.78 is 22.8. The zero-order valence-electron chi connectivity index (χ0n) is 15.4. The molecule has 0 rings (SSSR count). The van der Waals surface area contributed by atoms with Gasteiger partial charge in [0.25, 0.3) is 0 Å². The molecule has 25 heavy (non-hydrogen) atoms. The molecule has 0 aromatic carbocycles. The highest BCUT2D eigenvalue weighted by molar-refractivity contribution is 8.13. The molecular weight excluding hydrogens is 370 g/mol. The van der Waals surface area contributed by atoms with Crippen LogP contribution in [0, 0.1) is 0 Å². The molecule has 0 aliphatic heterocycles. The predicted octanol–water partition coefficient (Wildman–Crippen LogP) is 2.13. The molecule has 0 N–H and O–H groups in total. The molecule has 0 radical (unpaired) electrons. The summed E-state index contributed by atoms with van der Waals surface area (Å²) in [6.45, 7) is 4.05. The van der Waals surface area contributed by atoms with Crippen molar-refractivity contribution < 1.29 is 28.5 Å². The predicted molar refractivity (Wildman–Crippen MR) is 100.0 cm³/mol. The maximum atomic E-state index is 11.8. The van der Waals surface area contributed by atoms with Crippen molar-refractivity contribution in [2.24, 2.45) is 4.99 Å². The summed E-state index contributed by atoms with van der Waals surface area (Å²) in [6.07, 6.45) is 1.26. The number of hydrogen-bond acceptors (Lipinski definition) is 8. The fraction of sp³-hybridized carbons (Fsp3) is 0.786. The van der Waals surface area contributed by atoms with Gasteiger partial charge >= 0.3 is 12.1 Å². The van der Waals surface area contributed by atoms with E-state index in [1.54, 1.807) is 14.0 Å². The van der Waals surface area contributed by atoms with E-state index in [9.17, 15) is 9.59 Å². The van der Waals surface area contributed by atoms with Crippen molar-refractivity contribution in [3.05, 3.63) is 0 Å². The Morgan fingerprint density at radius 3 is 2.08 bits per heavy atom. The number of ether oxygens (including phenoxy) is 4. The second-order valence-electron chi connectivity index (χ2n) is 4.53. The Morgan fingerprint density at radius 1 is 0.960 bits per heavy atom. The van der Waals surface area contributed by atoms with Crippen LogP contribution in [0.15, 0.2) is 4.99 Å². The third kappa shape index (κ3) is 12.9. The minimum absolute atomic E-state index is 0.114. The first-order chi connectivity index (χ1) is 11.9. The van der Waals surface area contributed by atoms with Gasteiger partial charge in [-0.3, -0.25) is 4.31 Å². The molecule has 0 heterocycles. The molecule has 0 saturated heterocycles. The van der Waals surface area contributed by atoms with Crippen LogP contribution >= 0.6 is 23.9 Å². The quantitative estimate of drug-likeness (QED) is 0.227. The van der Waals surface area contributed by atoms with Gasteiger partial charge in [0, 0.05) is 21.2 Å². The average molecular weight is 398 g/mol. The number of hydrogen-bond donors (Lipinski definition) is 0. The molecule has 0 aromatic rings. The van der Waals surface area contributed by atoms with E-state index in [4.69, 9.17) is 18.9 Å². The van der Waals surface area contributed by atoms with Crippen LogP contribution in [0.25, 0.3) is 0 Å². The van der Waals surface area contributed by atoms with Crippen molar-refractivity contribution in [3.63, 3.8) is 0 Å². The van der Waals surface area contributed by atoms with E-state index < -0.39 is 12.1 Å². The first-order valence-electron chi connectivity index (χ1n) is 7.52. The Morgan fingerprint density at radius 2 is 1.52 bits per heavy atom. The van der Waals surface area contributed by atoms with Gasteiger partial charge in [-0.25, -0.2) is 13.9 Å². The van der Waals surface area contributed by atoms with Crippen molar-refractivity contribution >= 4 is 41.1 Å². The van der Waals surface area contributed by atoms with E-state index in [-0.39, 0.29) is 13.2 Å². The number of carbonyl (C=O) groups is 2. The van der Waals surface area contributed by atoms with Crippen molar-refractivity contribution in [1.29, 1.82) is 0 Å². The van der Waals surface area contributed by atoms with Gasteiger partial charge in [-0.2, -0.15) is 4.99 Å². The lowest BCUT2D eigenvalue weighted by molar-refractivity contribution is 0.0120. The van der Waals surface area contributed by atoms with Gasteiger partial charge in [-0.05, 0) is 13.2 Å². The van der Waals surface area contributed by atoms with Crippen LogP contribution in [-0.4, -0.2) is 92.9 Å². The Labute approximate surface area is 157 Å². The highest BCUT2D eigenvalue weighted by atomic mass is 32.2. The van der Waals surface area contributed by atoms with E-state index in [2.05, 4.69) is 4.99 Å². The van der Waals surface area contributed by atoms with Crippen LogP contribution in [-0.2, 0) is 18.9 Å². The number of amides is 3. The van der Waals surface area contributed by atoms with E-state index in [1.165, 1.54) is 34.5 Å². The first-order valence-corrected chi connectivity index (χ1v) is 9.47. The van der Waals surface area contributed by atoms with Gasteiger partial charge in [0.05, 0.1) is 50.2 Å². The molecule has 0 saturated carbocycles. The third-order valence-corrected chi connectivity index (χ3v) is 4.05. The Kier molecular flexibility index (Phi) is 14.6. The minimum Gasteiger partial charge on any atom is -0.446 e. The monoisotopic (exact) mass is 397 g/mol. The molecule has 0 fully saturated rings. The van der Waals surface area contributed by atoms with Gasteiger partial charge in [-0.1, -0.05) is 0 Å². The second-order valence-corrected chi connectivity index (χ2v) is 6.78. The smallest absolute Gasteiger partial charge is 0.421 e. The van der Waals surface area contributed by atoms with Gasteiger partial charge in [0.2, 0.25) is 0 Å². The Bertz CT molecular complexity index is 425. The summed E-state index contributed by atoms with van der Waals surface area (Å²) >= 11 is 2.28. The Hall–Kier alpha value is -1.01. The molecule has 9 nitrogen and oxygen atoms in total. The number of rotatable bonds is 11. The number of carbonyl (C=O) groups excluding carboxylic acids is 2. The largest absolute Gasteiger partial charge is 0.446 e. The normalized spacial score (nSPS) is 11.3. The molecule has 3 amide bonds. The fourth-order valence-electron chi connectivity index (χ4n) is 1.25. The van der Waals surface area contributed by atoms with E-state index in [1.807, 2.05) is 6.26 Å². The van der Waals surface area contributed by atoms with Crippen LogP contribution in [0.5, 0.6) is 0 Å². The maximum Gasteiger partial charge on any atom is 0.421 e. The maximum absolute atomic E-state index is 11.8. The van der Waals surface area contributed by atoms with Gasteiger partial charge < -0.3 is 18.9 Å². The van der Waals surface area contributed by atoms with Crippen molar-refractivity contribution in [3.8, 4) is 0 Å². The minimum atomic E-state index is -0.574. The van der Waals surface area contributed by atoms with Crippen LogP contribution < -0.4 is 0 Å². The number of urea groups is 1. The van der Waals surface area contributed by atoms with Gasteiger partial charge in [0.15, 0.2) is 0 Å². The summed E-state index contributed by atoms with van der Waals surface area (Å²) in [4.78, 5) is 27.4. The molecule has 0 aliphatic carbocycles. The van der Waals surface area contributed by atoms with Crippen LogP contribution in [0.1, 0.15) is 6.92 Å². The topological polar surface area (TPSA) is 89.9 Å². The zero-order valence-corrected chi connectivity index (χ0v) is 17.0. The number of methoxy groups -OCH3 is 1. The van der Waals surface area contributed by atoms with E-state index in [0.29, 0.717) is 31.5 Å². The summed E-state index contributed by atoms with van der Waals surface area (Å²) in [5.41, 5.74) is 0. The number of nitrogens with zero attached hydrogens (tertiary/aromatic N) is 3. The summed E-state index contributed by atoms with van der Waals surface area (Å²) in [7, 11) is 4.64. The fourth-order valence-corrected chi connectivity index (χ4v) is 2.01. The molecule has 0 spiro atoms. The van der Waals surface area contributed by atoms with Crippen molar-refractivity contribution in [1.82, 2.24) is 8.61 Å². The summed E-state index contributed by atoms with van der Waals surface area (Å²) in [6, 6.07) is -0.451. The molecule has 146 valence electrons. The molecule has 0 atom stereocenters. The van der Waals surface area contributed by atoms with Crippen molar-refractivity contribution in [2.45, 2.75) is 6.92 Å².